The molecule has 0 aliphatic carbocycles. The Morgan fingerprint density at radius 3 is 2.43 bits per heavy atom. The molecule has 2 amide bonds. The molecule has 1 aromatic carbocycles. The van der Waals surface area contributed by atoms with Crippen molar-refractivity contribution in [2.45, 2.75) is 51.2 Å². The summed E-state index contributed by atoms with van der Waals surface area (Å²) in [5, 5.41) is 25.9. The van der Waals surface area contributed by atoms with Crippen LogP contribution in [0.5, 0.6) is 0 Å². The SMILES string of the molecule is CC(C)C1N[C@@H]([C@H](O)[C@H](Cc2ccccc2)NC(=O)O)C(=O)N1Cc1ccncc1. The summed E-state index contributed by atoms with van der Waals surface area (Å²) in [6.07, 6.45) is 0.884. The fourth-order valence-corrected chi connectivity index (χ4v) is 3.84. The van der Waals surface area contributed by atoms with Gasteiger partial charge in [0.15, 0.2) is 0 Å². The summed E-state index contributed by atoms with van der Waals surface area (Å²) in [7, 11) is 0. The fraction of sp³-hybridized carbons (Fsp3) is 0.409. The number of hydrogen-bond donors (Lipinski definition) is 4. The first kappa shape index (κ1) is 21.7. The smallest absolute Gasteiger partial charge is 0.404 e. The molecule has 4 N–H and O–H groups in total. The maximum atomic E-state index is 13.2. The summed E-state index contributed by atoms with van der Waals surface area (Å²) < 4.78 is 0. The van der Waals surface area contributed by atoms with Gasteiger partial charge in [0.05, 0.1) is 18.3 Å². The first-order chi connectivity index (χ1) is 14.4. The summed E-state index contributed by atoms with van der Waals surface area (Å²) in [6.45, 7) is 4.38. The van der Waals surface area contributed by atoms with Crippen LogP contribution in [-0.4, -0.2) is 56.5 Å². The van der Waals surface area contributed by atoms with Gasteiger partial charge in [-0.15, -0.1) is 0 Å². The van der Waals surface area contributed by atoms with Crippen molar-refractivity contribution in [1.29, 1.82) is 0 Å². The van der Waals surface area contributed by atoms with Crippen molar-refractivity contribution in [1.82, 2.24) is 20.5 Å². The molecule has 0 bridgehead atoms. The molecule has 4 atom stereocenters. The number of carbonyl (C=O) groups excluding carboxylic acids is 1. The van der Waals surface area contributed by atoms with E-state index in [1.54, 1.807) is 17.3 Å². The average Bonchev–Trinajstić information content (AvgIpc) is 3.05. The molecule has 1 aromatic heterocycles. The van der Waals surface area contributed by atoms with E-state index in [0.29, 0.717) is 6.54 Å². The molecule has 1 aliphatic heterocycles. The van der Waals surface area contributed by atoms with Gasteiger partial charge in [-0.1, -0.05) is 44.2 Å². The minimum absolute atomic E-state index is 0.105. The number of pyridine rings is 1. The zero-order chi connectivity index (χ0) is 21.7. The first-order valence-corrected chi connectivity index (χ1v) is 10.0. The van der Waals surface area contributed by atoms with Crippen LogP contribution in [0.1, 0.15) is 25.0 Å². The van der Waals surface area contributed by atoms with E-state index in [9.17, 15) is 19.8 Å². The number of aliphatic hydroxyl groups is 1. The van der Waals surface area contributed by atoms with Crippen LogP contribution in [-0.2, 0) is 17.8 Å². The highest BCUT2D eigenvalue weighted by Gasteiger charge is 2.45. The predicted octanol–water partition coefficient (Wildman–Crippen LogP) is 1.60. The number of carboxylic acid groups (broad SMARTS) is 1. The molecular weight excluding hydrogens is 384 g/mol. The number of rotatable bonds is 8. The van der Waals surface area contributed by atoms with Crippen LogP contribution < -0.4 is 10.6 Å². The molecule has 0 spiro atoms. The van der Waals surface area contributed by atoms with E-state index in [1.807, 2.05) is 56.3 Å². The number of hydrogen-bond acceptors (Lipinski definition) is 5. The molecule has 3 rings (SSSR count). The molecule has 1 unspecified atom stereocenters. The van der Waals surface area contributed by atoms with E-state index in [-0.39, 0.29) is 24.4 Å². The Balaban J connectivity index is 1.80. The number of carbonyl (C=O) groups is 2. The Kier molecular flexibility index (Phi) is 7.02. The topological polar surface area (TPSA) is 115 Å². The minimum Gasteiger partial charge on any atom is -0.465 e. The maximum absolute atomic E-state index is 13.2. The Labute approximate surface area is 175 Å². The van der Waals surface area contributed by atoms with Crippen molar-refractivity contribution in [3.63, 3.8) is 0 Å². The van der Waals surface area contributed by atoms with Crippen LogP contribution in [0, 0.1) is 5.92 Å². The average molecular weight is 412 g/mol. The van der Waals surface area contributed by atoms with Crippen LogP contribution in [0.3, 0.4) is 0 Å². The zero-order valence-electron chi connectivity index (χ0n) is 17.1. The Hall–Kier alpha value is -2.97. The lowest BCUT2D eigenvalue weighted by molar-refractivity contribution is -0.133. The van der Waals surface area contributed by atoms with Gasteiger partial charge in [0.25, 0.3) is 0 Å². The summed E-state index contributed by atoms with van der Waals surface area (Å²) in [6, 6.07) is 11.2. The van der Waals surface area contributed by atoms with Crippen molar-refractivity contribution in [3.05, 3.63) is 66.0 Å². The molecule has 1 fully saturated rings. The van der Waals surface area contributed by atoms with Crippen molar-refractivity contribution in [2.24, 2.45) is 5.92 Å². The first-order valence-electron chi connectivity index (χ1n) is 10.0. The van der Waals surface area contributed by atoms with Crippen molar-refractivity contribution in [3.8, 4) is 0 Å². The lowest BCUT2D eigenvalue weighted by Crippen LogP contribution is -2.55. The lowest BCUT2D eigenvalue weighted by atomic mass is 9.96. The maximum Gasteiger partial charge on any atom is 0.404 e. The molecule has 1 saturated heterocycles. The van der Waals surface area contributed by atoms with Gasteiger partial charge in [-0.25, -0.2) is 4.79 Å². The van der Waals surface area contributed by atoms with Gasteiger partial charge in [-0.05, 0) is 35.6 Å². The Bertz CT molecular complexity index is 847. The third-order valence-electron chi connectivity index (χ3n) is 5.33. The van der Waals surface area contributed by atoms with Crippen LogP contribution in [0.25, 0.3) is 0 Å². The molecule has 0 saturated carbocycles. The monoisotopic (exact) mass is 412 g/mol. The highest BCUT2D eigenvalue weighted by Crippen LogP contribution is 2.23. The number of nitrogens with one attached hydrogen (secondary N) is 2. The van der Waals surface area contributed by atoms with Gasteiger partial charge >= 0.3 is 6.09 Å². The molecule has 1 aliphatic rings. The molecule has 30 heavy (non-hydrogen) atoms. The Morgan fingerprint density at radius 1 is 1.17 bits per heavy atom. The zero-order valence-corrected chi connectivity index (χ0v) is 17.1. The third kappa shape index (κ3) is 5.14. The second-order valence-corrected chi connectivity index (χ2v) is 7.89. The van der Waals surface area contributed by atoms with E-state index in [2.05, 4.69) is 15.6 Å². The quantitative estimate of drug-likeness (QED) is 0.524. The van der Waals surface area contributed by atoms with Gasteiger partial charge < -0.3 is 20.4 Å². The van der Waals surface area contributed by atoms with Crippen molar-refractivity contribution >= 4 is 12.0 Å². The molecule has 0 radical (unpaired) electrons. The number of benzene rings is 1. The fourth-order valence-electron chi connectivity index (χ4n) is 3.84. The number of aromatic nitrogens is 1. The van der Waals surface area contributed by atoms with Crippen molar-refractivity contribution < 1.29 is 19.8 Å². The summed E-state index contributed by atoms with van der Waals surface area (Å²) >= 11 is 0. The normalized spacial score (nSPS) is 20.9. The number of aliphatic hydroxyl groups excluding tert-OH is 1. The van der Waals surface area contributed by atoms with Gasteiger partial charge in [0.1, 0.15) is 6.04 Å². The van der Waals surface area contributed by atoms with E-state index in [0.717, 1.165) is 11.1 Å². The van der Waals surface area contributed by atoms with Gasteiger partial charge in [0.2, 0.25) is 5.91 Å². The Morgan fingerprint density at radius 2 is 1.83 bits per heavy atom. The standard InChI is InChI=1S/C22H28N4O4/c1-14(2)20-25-18(21(28)26(20)13-16-8-10-23-11-9-16)19(27)17(24-22(29)30)12-15-6-4-3-5-7-15/h3-11,14,17-20,24-25,27H,12-13H2,1-2H3,(H,29,30)/t17-,18-,19+,20?/m0/s1. The van der Waals surface area contributed by atoms with Gasteiger partial charge in [-0.2, -0.15) is 0 Å². The molecule has 8 nitrogen and oxygen atoms in total. The van der Waals surface area contributed by atoms with E-state index in [4.69, 9.17) is 0 Å². The van der Waals surface area contributed by atoms with Crippen LogP contribution in [0.2, 0.25) is 0 Å². The summed E-state index contributed by atoms with van der Waals surface area (Å²) in [5.41, 5.74) is 1.81. The predicted molar refractivity (Wildman–Crippen MR) is 111 cm³/mol. The highest BCUT2D eigenvalue weighted by atomic mass is 16.4. The van der Waals surface area contributed by atoms with Gasteiger partial charge in [0, 0.05) is 18.9 Å². The van der Waals surface area contributed by atoms with E-state index >= 15 is 0 Å². The molecule has 2 aromatic rings. The highest BCUT2D eigenvalue weighted by molar-refractivity contribution is 5.85. The second-order valence-electron chi connectivity index (χ2n) is 7.89. The van der Waals surface area contributed by atoms with E-state index < -0.39 is 24.3 Å². The van der Waals surface area contributed by atoms with Crippen molar-refractivity contribution in [2.75, 3.05) is 0 Å². The van der Waals surface area contributed by atoms with Crippen LogP contribution in [0.15, 0.2) is 54.9 Å². The van der Waals surface area contributed by atoms with Crippen LogP contribution in [0.4, 0.5) is 4.79 Å². The molecule has 8 heteroatoms. The van der Waals surface area contributed by atoms with E-state index in [1.165, 1.54) is 0 Å². The van der Waals surface area contributed by atoms with Crippen LogP contribution >= 0.6 is 0 Å². The largest absolute Gasteiger partial charge is 0.465 e. The molecule has 2 heterocycles. The lowest BCUT2D eigenvalue weighted by Gasteiger charge is -2.27. The molecular formula is C22H28N4O4. The van der Waals surface area contributed by atoms with Gasteiger partial charge in [-0.3, -0.25) is 15.1 Å². The number of nitrogens with zero attached hydrogens (tertiary/aromatic N) is 2. The summed E-state index contributed by atoms with van der Waals surface area (Å²) in [5.74, 6) is -0.142. The summed E-state index contributed by atoms with van der Waals surface area (Å²) in [4.78, 5) is 30.3. The minimum atomic E-state index is -1.24. The second kappa shape index (κ2) is 9.69. The third-order valence-corrected chi connectivity index (χ3v) is 5.33. The molecule has 160 valence electrons. The number of amides is 2.